The van der Waals surface area contributed by atoms with Gasteiger partial charge < -0.3 is 15.4 Å². The number of hydrogen-bond acceptors (Lipinski definition) is 4. The molecule has 0 unspecified atom stereocenters. The van der Waals surface area contributed by atoms with Crippen molar-refractivity contribution in [1.82, 2.24) is 5.32 Å². The molecule has 0 fully saturated rings. The van der Waals surface area contributed by atoms with Crippen LogP contribution in [0.2, 0.25) is 0 Å². The molecule has 5 nitrogen and oxygen atoms in total. The van der Waals surface area contributed by atoms with Gasteiger partial charge in [0.2, 0.25) is 0 Å². The number of rotatable bonds is 13. The fourth-order valence-corrected chi connectivity index (χ4v) is 4.02. The maximum absolute atomic E-state index is 15.5. The largest absolute Gasteiger partial charge is 0.383 e. The molecule has 2 N–H and O–H groups in total. The number of nitrogens with one attached hydrogen (secondary N) is 2. The Hall–Kier alpha value is -2.99. The van der Waals surface area contributed by atoms with Crippen molar-refractivity contribution < 1.29 is 13.9 Å². The van der Waals surface area contributed by atoms with E-state index in [1.165, 1.54) is 17.8 Å². The van der Waals surface area contributed by atoms with Gasteiger partial charge in [-0.2, -0.15) is 0 Å². The van der Waals surface area contributed by atoms with Gasteiger partial charge in [-0.15, -0.1) is 0 Å². The van der Waals surface area contributed by atoms with E-state index in [-0.39, 0.29) is 11.5 Å². The number of unbranched alkanes of at least 4 members (excludes halogenated alkanes) is 1. The van der Waals surface area contributed by atoms with Gasteiger partial charge in [0.1, 0.15) is 5.82 Å². The van der Waals surface area contributed by atoms with Crippen LogP contribution in [-0.4, -0.2) is 32.4 Å². The molecule has 0 aliphatic carbocycles. The minimum atomic E-state index is -0.586. The Labute approximate surface area is 203 Å². The Morgan fingerprint density at radius 1 is 1.29 bits per heavy atom. The Bertz CT molecular complexity index is 1020. The lowest BCUT2D eigenvalue weighted by Gasteiger charge is -2.24. The van der Waals surface area contributed by atoms with E-state index in [1.807, 2.05) is 19.1 Å². The Kier molecular flexibility index (Phi) is 10.9. The van der Waals surface area contributed by atoms with Gasteiger partial charge in [0.25, 0.3) is 5.91 Å². The summed E-state index contributed by atoms with van der Waals surface area (Å²) in [4.78, 5) is 17.5. The first-order chi connectivity index (χ1) is 16.4. The van der Waals surface area contributed by atoms with Crippen LogP contribution in [0.1, 0.15) is 74.4 Å². The predicted octanol–water partition coefficient (Wildman–Crippen LogP) is 7.00. The minimum absolute atomic E-state index is 0.0126. The number of anilines is 1. The second-order valence-corrected chi connectivity index (χ2v) is 8.31. The molecule has 0 aliphatic rings. The molecule has 2 aromatic carbocycles. The first kappa shape index (κ1) is 27.3. The molecule has 1 amide bonds. The third-order valence-corrected chi connectivity index (χ3v) is 5.95. The average molecular weight is 468 g/mol. The number of carbonyl (C=O) groups is 1. The maximum atomic E-state index is 15.5. The van der Waals surface area contributed by atoms with Gasteiger partial charge in [-0.05, 0) is 72.7 Å². The van der Waals surface area contributed by atoms with Crippen molar-refractivity contribution in [2.45, 2.75) is 59.3 Å². The highest BCUT2D eigenvalue weighted by molar-refractivity contribution is 6.02. The maximum Gasteiger partial charge on any atom is 0.256 e. The summed E-state index contributed by atoms with van der Waals surface area (Å²) in [5, 5.41) is 5.80. The van der Waals surface area contributed by atoms with E-state index in [0.29, 0.717) is 18.8 Å². The number of amides is 1. The molecule has 184 valence electrons. The zero-order chi connectivity index (χ0) is 25.1. The first-order valence-corrected chi connectivity index (χ1v) is 12.1. The lowest BCUT2D eigenvalue weighted by Crippen LogP contribution is -2.29. The number of nitrogens with zero attached hydrogens (tertiary/aromatic N) is 1. The van der Waals surface area contributed by atoms with E-state index in [4.69, 9.17) is 4.74 Å². The normalized spacial score (nSPS) is 12.1. The van der Waals surface area contributed by atoms with Crippen LogP contribution in [0.3, 0.4) is 0 Å². The smallest absolute Gasteiger partial charge is 0.256 e. The zero-order valence-corrected chi connectivity index (χ0v) is 21.1. The number of aliphatic imine (C=N–C) groups is 1. The third kappa shape index (κ3) is 6.54. The van der Waals surface area contributed by atoms with Crippen molar-refractivity contribution in [1.29, 1.82) is 0 Å². The van der Waals surface area contributed by atoms with Crippen LogP contribution in [0, 0.1) is 5.82 Å². The molecule has 0 heterocycles. The fraction of sp³-hybridized carbons (Fsp3) is 0.429. The van der Waals surface area contributed by atoms with Crippen LogP contribution in [-0.2, 0) is 11.2 Å². The summed E-state index contributed by atoms with van der Waals surface area (Å²) in [6, 6.07) is 7.59. The van der Waals surface area contributed by atoms with E-state index >= 15 is 4.39 Å². The summed E-state index contributed by atoms with van der Waals surface area (Å²) in [6.45, 7) is 12.6. The van der Waals surface area contributed by atoms with E-state index in [2.05, 4.69) is 49.0 Å². The monoisotopic (exact) mass is 467 g/mol. The molecule has 1 atom stereocenters. The molecule has 34 heavy (non-hydrogen) atoms. The van der Waals surface area contributed by atoms with Crippen molar-refractivity contribution in [2.75, 3.05) is 25.6 Å². The molecule has 2 aromatic rings. The molecule has 2 rings (SSSR count). The number of methoxy groups -OCH3 is 1. The van der Waals surface area contributed by atoms with Gasteiger partial charge in [0, 0.05) is 19.9 Å². The number of hydrogen-bond donors (Lipinski definition) is 2. The second kappa shape index (κ2) is 13.7. The van der Waals surface area contributed by atoms with E-state index in [9.17, 15) is 4.79 Å². The topological polar surface area (TPSA) is 62.7 Å². The molecule has 0 saturated carbocycles. The van der Waals surface area contributed by atoms with Gasteiger partial charge in [0.15, 0.2) is 0 Å². The van der Waals surface area contributed by atoms with Crippen molar-refractivity contribution in [3.8, 4) is 11.1 Å². The van der Waals surface area contributed by atoms with E-state index in [1.54, 1.807) is 13.3 Å². The molecule has 0 aromatic heterocycles. The highest BCUT2D eigenvalue weighted by Gasteiger charge is 2.26. The summed E-state index contributed by atoms with van der Waals surface area (Å²) in [6.07, 6.45) is 7.22. The highest BCUT2D eigenvalue weighted by atomic mass is 19.1. The molecule has 0 spiro atoms. The van der Waals surface area contributed by atoms with Crippen LogP contribution in [0.5, 0.6) is 0 Å². The fourth-order valence-electron chi connectivity index (χ4n) is 4.02. The number of carbonyl (C=O) groups excluding carboxylic acids is 1. The molecular weight excluding hydrogens is 429 g/mol. The van der Waals surface area contributed by atoms with Crippen LogP contribution in [0.25, 0.3) is 11.1 Å². The Morgan fingerprint density at radius 3 is 2.68 bits per heavy atom. The van der Waals surface area contributed by atoms with Gasteiger partial charge in [-0.3, -0.25) is 9.79 Å². The number of aryl methyl sites for hydroxylation is 1. The number of benzene rings is 2. The second-order valence-electron chi connectivity index (χ2n) is 8.31. The van der Waals surface area contributed by atoms with Crippen molar-refractivity contribution in [2.24, 2.45) is 4.99 Å². The Morgan fingerprint density at radius 2 is 2.06 bits per heavy atom. The number of halogens is 1. The number of ether oxygens (including phenoxy) is 1. The molecular formula is C28H38FN3O2. The summed E-state index contributed by atoms with van der Waals surface area (Å²) in [5.74, 6) is -1.00. The van der Waals surface area contributed by atoms with Crippen LogP contribution in [0.15, 0.2) is 42.0 Å². The van der Waals surface area contributed by atoms with Crippen molar-refractivity contribution in [3.63, 3.8) is 0 Å². The van der Waals surface area contributed by atoms with Crippen LogP contribution >= 0.6 is 0 Å². The molecule has 0 saturated heterocycles. The molecule has 0 bridgehead atoms. The van der Waals surface area contributed by atoms with E-state index in [0.717, 1.165) is 48.1 Å². The van der Waals surface area contributed by atoms with Crippen molar-refractivity contribution >= 4 is 23.5 Å². The van der Waals surface area contributed by atoms with Gasteiger partial charge >= 0.3 is 0 Å². The highest BCUT2D eigenvalue weighted by Crippen LogP contribution is 2.41. The summed E-state index contributed by atoms with van der Waals surface area (Å²) in [7, 11) is 1.55. The predicted molar refractivity (Wildman–Crippen MR) is 141 cm³/mol. The third-order valence-electron chi connectivity index (χ3n) is 5.95. The summed E-state index contributed by atoms with van der Waals surface area (Å²) >= 11 is 0. The van der Waals surface area contributed by atoms with Crippen LogP contribution < -0.4 is 10.6 Å². The van der Waals surface area contributed by atoms with Gasteiger partial charge in [0.05, 0.1) is 23.5 Å². The zero-order valence-electron chi connectivity index (χ0n) is 21.1. The summed E-state index contributed by atoms with van der Waals surface area (Å²) < 4.78 is 20.5. The lowest BCUT2D eigenvalue weighted by atomic mass is 9.85. The quantitative estimate of drug-likeness (QED) is 0.246. The van der Waals surface area contributed by atoms with Gasteiger partial charge in [-0.1, -0.05) is 45.9 Å². The SMILES string of the molecule is C=CNc1c(C(=O)NCCOC)c(F)cc(-c2ccc(CCCC)c(/N=C\C)c2)c1[C@H](C)CC. The lowest BCUT2D eigenvalue weighted by molar-refractivity contribution is 0.0934. The molecule has 6 heteroatoms. The first-order valence-electron chi connectivity index (χ1n) is 12.1. The van der Waals surface area contributed by atoms with E-state index < -0.39 is 11.7 Å². The Balaban J connectivity index is 2.74. The molecule has 0 aliphatic heterocycles. The average Bonchev–Trinajstić information content (AvgIpc) is 2.83. The van der Waals surface area contributed by atoms with Gasteiger partial charge in [-0.25, -0.2) is 4.39 Å². The minimum Gasteiger partial charge on any atom is -0.383 e. The van der Waals surface area contributed by atoms with Crippen LogP contribution in [0.4, 0.5) is 15.8 Å². The standard InChI is InChI=1S/C28H38FN3O2/c1-7-11-12-20-13-14-21(17-24(20)30-9-3)22-18-23(29)26(28(33)32-15-16-34-6)27(31-10-4)25(22)19(5)8-2/h9-10,13-14,17-19,31H,4,7-8,11-12,15-16H2,1-3,5-6H3,(H,32,33)/b30-9-/t19-/m1/s1. The summed E-state index contributed by atoms with van der Waals surface area (Å²) in [5.41, 5.74) is 5.00. The molecule has 0 radical (unpaired) electrons. The van der Waals surface area contributed by atoms with Crippen molar-refractivity contribution in [3.05, 3.63) is 59.6 Å².